The molecule has 1 aliphatic heterocycles. The zero-order valence-corrected chi connectivity index (χ0v) is 14.4. The van der Waals surface area contributed by atoms with Crippen molar-refractivity contribution in [3.05, 3.63) is 65.5 Å². The van der Waals surface area contributed by atoms with E-state index in [9.17, 15) is 14.0 Å². The van der Waals surface area contributed by atoms with Gasteiger partial charge < -0.3 is 9.80 Å². The summed E-state index contributed by atoms with van der Waals surface area (Å²) in [5.41, 5.74) is 2.14. The van der Waals surface area contributed by atoms with Crippen LogP contribution in [0.1, 0.15) is 17.5 Å². The Morgan fingerprint density at radius 1 is 1.24 bits per heavy atom. The molecular weight excluding hydrogens is 319 g/mol. The lowest BCUT2D eigenvalue weighted by atomic mass is 10.1. The van der Waals surface area contributed by atoms with Crippen molar-refractivity contribution < 1.29 is 14.0 Å². The first-order chi connectivity index (χ1) is 12.0. The fourth-order valence-corrected chi connectivity index (χ4v) is 3.18. The molecule has 0 radical (unpaired) electrons. The van der Waals surface area contributed by atoms with Gasteiger partial charge in [0.25, 0.3) is 0 Å². The molecule has 1 unspecified atom stereocenters. The van der Waals surface area contributed by atoms with Gasteiger partial charge in [-0.2, -0.15) is 0 Å². The van der Waals surface area contributed by atoms with Crippen molar-refractivity contribution in [3.63, 3.8) is 0 Å². The molecule has 1 aliphatic rings. The number of amides is 2. The van der Waals surface area contributed by atoms with Gasteiger partial charge in [0.05, 0.1) is 5.69 Å². The van der Waals surface area contributed by atoms with E-state index in [0.29, 0.717) is 19.5 Å². The van der Waals surface area contributed by atoms with E-state index in [0.717, 1.165) is 11.1 Å². The molecule has 1 heterocycles. The molecule has 0 aromatic heterocycles. The van der Waals surface area contributed by atoms with Crippen LogP contribution in [0.2, 0.25) is 0 Å². The molecule has 0 N–H and O–H groups in total. The van der Waals surface area contributed by atoms with Crippen LogP contribution in [0.15, 0.2) is 48.5 Å². The molecule has 1 saturated heterocycles. The van der Waals surface area contributed by atoms with Crippen LogP contribution in [0.3, 0.4) is 0 Å². The number of rotatable bonds is 4. The molecule has 2 aromatic carbocycles. The molecule has 3 rings (SSSR count). The Labute approximate surface area is 146 Å². The second-order valence-electron chi connectivity index (χ2n) is 6.47. The third kappa shape index (κ3) is 3.55. The molecule has 130 valence electrons. The van der Waals surface area contributed by atoms with Crippen molar-refractivity contribution in [2.24, 2.45) is 5.92 Å². The van der Waals surface area contributed by atoms with Crippen molar-refractivity contribution in [2.75, 3.05) is 18.5 Å². The summed E-state index contributed by atoms with van der Waals surface area (Å²) in [4.78, 5) is 28.3. The number of anilines is 1. The number of hydrogen-bond donors (Lipinski definition) is 0. The van der Waals surface area contributed by atoms with Gasteiger partial charge in [-0.3, -0.25) is 9.59 Å². The number of hydrogen-bond acceptors (Lipinski definition) is 2. The summed E-state index contributed by atoms with van der Waals surface area (Å²) >= 11 is 0. The van der Waals surface area contributed by atoms with E-state index in [2.05, 4.69) is 0 Å². The average Bonchev–Trinajstić information content (AvgIpc) is 2.98. The molecule has 0 saturated carbocycles. The zero-order valence-electron chi connectivity index (χ0n) is 14.4. The van der Waals surface area contributed by atoms with Crippen LogP contribution < -0.4 is 4.90 Å². The van der Waals surface area contributed by atoms with Crippen LogP contribution in [-0.2, 0) is 16.1 Å². The minimum Gasteiger partial charge on any atom is -0.341 e. The van der Waals surface area contributed by atoms with Crippen LogP contribution >= 0.6 is 0 Å². The zero-order chi connectivity index (χ0) is 18.0. The SMILES string of the molecule is Cc1ccc(F)c(N2CCC(C(=O)N(C)Cc3ccccc3)C2=O)c1. The van der Waals surface area contributed by atoms with Crippen LogP contribution in [0.25, 0.3) is 0 Å². The largest absolute Gasteiger partial charge is 0.341 e. The second-order valence-corrected chi connectivity index (χ2v) is 6.47. The van der Waals surface area contributed by atoms with Gasteiger partial charge >= 0.3 is 0 Å². The number of benzene rings is 2. The molecule has 1 fully saturated rings. The summed E-state index contributed by atoms with van der Waals surface area (Å²) < 4.78 is 14.1. The Kier molecular flexibility index (Phi) is 4.83. The Morgan fingerprint density at radius 2 is 1.96 bits per heavy atom. The van der Waals surface area contributed by atoms with Crippen molar-refractivity contribution in [3.8, 4) is 0 Å². The predicted octanol–water partition coefficient (Wildman–Crippen LogP) is 3.15. The van der Waals surface area contributed by atoms with E-state index in [1.807, 2.05) is 37.3 Å². The Morgan fingerprint density at radius 3 is 2.68 bits per heavy atom. The molecule has 2 aromatic rings. The van der Waals surface area contributed by atoms with E-state index in [1.165, 1.54) is 11.0 Å². The highest BCUT2D eigenvalue weighted by Crippen LogP contribution is 2.29. The van der Waals surface area contributed by atoms with E-state index in [4.69, 9.17) is 0 Å². The number of aryl methyl sites for hydroxylation is 1. The monoisotopic (exact) mass is 340 g/mol. The maximum absolute atomic E-state index is 14.1. The lowest BCUT2D eigenvalue weighted by molar-refractivity contribution is -0.139. The number of carbonyl (C=O) groups excluding carboxylic acids is 2. The molecular formula is C20H21FN2O2. The molecule has 0 bridgehead atoms. The highest BCUT2D eigenvalue weighted by atomic mass is 19.1. The third-order valence-electron chi connectivity index (χ3n) is 4.53. The smallest absolute Gasteiger partial charge is 0.239 e. The number of carbonyl (C=O) groups is 2. The van der Waals surface area contributed by atoms with Crippen LogP contribution in [0, 0.1) is 18.7 Å². The van der Waals surface area contributed by atoms with Crippen LogP contribution in [-0.4, -0.2) is 30.3 Å². The molecule has 1 atom stereocenters. The quantitative estimate of drug-likeness (QED) is 0.802. The van der Waals surface area contributed by atoms with Gasteiger partial charge in [0.15, 0.2) is 0 Å². The van der Waals surface area contributed by atoms with Crippen molar-refractivity contribution in [1.82, 2.24) is 4.90 Å². The van der Waals surface area contributed by atoms with Gasteiger partial charge in [0.1, 0.15) is 11.7 Å². The summed E-state index contributed by atoms with van der Waals surface area (Å²) in [6.45, 7) is 2.65. The minimum atomic E-state index is -0.742. The summed E-state index contributed by atoms with van der Waals surface area (Å²) in [6, 6.07) is 14.3. The molecule has 0 spiro atoms. The normalized spacial score (nSPS) is 17.0. The van der Waals surface area contributed by atoms with E-state index >= 15 is 0 Å². The standard InChI is InChI=1S/C20H21FN2O2/c1-14-8-9-17(21)18(12-14)23-11-10-16(20(23)25)19(24)22(2)13-15-6-4-3-5-7-15/h3-9,12,16H,10-11,13H2,1-2H3. The number of nitrogens with zero attached hydrogens (tertiary/aromatic N) is 2. The summed E-state index contributed by atoms with van der Waals surface area (Å²) in [5.74, 6) is -1.72. The summed E-state index contributed by atoms with van der Waals surface area (Å²) in [7, 11) is 1.69. The average molecular weight is 340 g/mol. The first-order valence-corrected chi connectivity index (χ1v) is 8.34. The Balaban J connectivity index is 1.73. The molecule has 4 nitrogen and oxygen atoms in total. The molecule has 0 aliphatic carbocycles. The Bertz CT molecular complexity index is 792. The second kappa shape index (κ2) is 7.05. The van der Waals surface area contributed by atoms with Gasteiger partial charge in [-0.05, 0) is 36.6 Å². The van der Waals surface area contributed by atoms with Gasteiger partial charge in [-0.15, -0.1) is 0 Å². The minimum absolute atomic E-state index is 0.218. The topological polar surface area (TPSA) is 40.6 Å². The lowest BCUT2D eigenvalue weighted by Gasteiger charge is -2.21. The fraction of sp³-hybridized carbons (Fsp3) is 0.300. The van der Waals surface area contributed by atoms with Crippen molar-refractivity contribution >= 4 is 17.5 Å². The van der Waals surface area contributed by atoms with Gasteiger partial charge in [-0.1, -0.05) is 36.4 Å². The molecule has 2 amide bonds. The highest BCUT2D eigenvalue weighted by Gasteiger charge is 2.39. The first kappa shape index (κ1) is 17.1. The van der Waals surface area contributed by atoms with Crippen molar-refractivity contribution in [1.29, 1.82) is 0 Å². The lowest BCUT2D eigenvalue weighted by Crippen LogP contribution is -2.38. The maximum Gasteiger partial charge on any atom is 0.239 e. The van der Waals surface area contributed by atoms with Crippen LogP contribution in [0.5, 0.6) is 0 Å². The van der Waals surface area contributed by atoms with Crippen LogP contribution in [0.4, 0.5) is 10.1 Å². The fourth-order valence-electron chi connectivity index (χ4n) is 3.18. The predicted molar refractivity (Wildman–Crippen MR) is 94.5 cm³/mol. The van der Waals surface area contributed by atoms with Crippen molar-refractivity contribution in [2.45, 2.75) is 19.9 Å². The maximum atomic E-state index is 14.1. The van der Waals surface area contributed by atoms with E-state index in [-0.39, 0.29) is 17.5 Å². The van der Waals surface area contributed by atoms with Gasteiger partial charge in [-0.25, -0.2) is 4.39 Å². The number of halogens is 1. The molecule has 25 heavy (non-hydrogen) atoms. The highest BCUT2D eigenvalue weighted by molar-refractivity contribution is 6.09. The first-order valence-electron chi connectivity index (χ1n) is 8.34. The van der Waals surface area contributed by atoms with E-state index < -0.39 is 11.7 Å². The van der Waals surface area contributed by atoms with Gasteiger partial charge in [0, 0.05) is 20.1 Å². The Hall–Kier alpha value is -2.69. The summed E-state index contributed by atoms with van der Waals surface area (Å²) in [6.07, 6.45) is 0.407. The third-order valence-corrected chi connectivity index (χ3v) is 4.53. The van der Waals surface area contributed by atoms with Gasteiger partial charge in [0.2, 0.25) is 11.8 Å². The summed E-state index contributed by atoms with van der Waals surface area (Å²) in [5, 5.41) is 0. The molecule has 5 heteroatoms. The van der Waals surface area contributed by atoms with E-state index in [1.54, 1.807) is 24.1 Å².